The lowest BCUT2D eigenvalue weighted by atomic mass is 9.82. The van der Waals surface area contributed by atoms with Crippen molar-refractivity contribution in [2.45, 2.75) is 72.5 Å². The second kappa shape index (κ2) is 12.2. The number of carbonyl (C=O) groups excluding carboxylic acids is 2. The zero-order valence-corrected chi connectivity index (χ0v) is 24.9. The number of likely N-dealkylation sites (tertiary alicyclic amines) is 1. The van der Waals surface area contributed by atoms with E-state index in [-0.39, 0.29) is 36.2 Å². The molecule has 3 N–H and O–H groups in total. The Labute approximate surface area is 245 Å². The van der Waals surface area contributed by atoms with E-state index in [0.717, 1.165) is 54.1 Å². The Hall–Kier alpha value is -3.86. The van der Waals surface area contributed by atoms with Crippen LogP contribution in [0, 0.1) is 17.6 Å². The van der Waals surface area contributed by atoms with Gasteiger partial charge in [-0.2, -0.15) is 4.98 Å². The monoisotopic (exact) mass is 579 g/mol. The van der Waals surface area contributed by atoms with Crippen LogP contribution in [0.1, 0.15) is 65.1 Å². The van der Waals surface area contributed by atoms with Crippen LogP contribution < -0.4 is 20.9 Å². The molecule has 0 bridgehead atoms. The Kier molecular flexibility index (Phi) is 8.58. The Morgan fingerprint density at radius 1 is 1.21 bits per heavy atom. The number of para-hydroxylation sites is 1. The van der Waals surface area contributed by atoms with Crippen LogP contribution in [0.3, 0.4) is 0 Å². The van der Waals surface area contributed by atoms with Gasteiger partial charge in [0.2, 0.25) is 11.9 Å². The van der Waals surface area contributed by atoms with E-state index in [2.05, 4.69) is 39.7 Å². The molecule has 1 aromatic carbocycles. The molecule has 9 nitrogen and oxygen atoms in total. The van der Waals surface area contributed by atoms with Crippen molar-refractivity contribution >= 4 is 35.0 Å². The molecular weight excluding hydrogens is 540 g/mol. The highest BCUT2D eigenvalue weighted by Gasteiger charge is 2.35. The topological polar surface area (TPSA) is 102 Å². The number of amides is 3. The summed E-state index contributed by atoms with van der Waals surface area (Å²) in [6.45, 7) is 12.6. The Balaban J connectivity index is 1.66. The number of carbonyl (C=O) groups is 2. The van der Waals surface area contributed by atoms with Gasteiger partial charge in [0.25, 0.3) is 0 Å². The predicted molar refractivity (Wildman–Crippen MR) is 159 cm³/mol. The average molecular weight is 580 g/mol. The molecule has 1 aromatic heterocycles. The molecule has 1 aliphatic carbocycles. The van der Waals surface area contributed by atoms with Gasteiger partial charge in [-0.15, -0.1) is 0 Å². The molecule has 3 aliphatic rings. The van der Waals surface area contributed by atoms with E-state index in [1.165, 1.54) is 6.07 Å². The van der Waals surface area contributed by atoms with Crippen LogP contribution in [-0.2, 0) is 11.3 Å². The van der Waals surface area contributed by atoms with E-state index in [0.29, 0.717) is 35.8 Å². The Bertz CT molecular complexity index is 1430. The molecule has 2 aliphatic heterocycles. The van der Waals surface area contributed by atoms with Crippen molar-refractivity contribution in [1.29, 1.82) is 0 Å². The zero-order chi connectivity index (χ0) is 30.1. The SMILES string of the molecule is CCN1CCC[C@H]1CNc1nc(C2=C(C)C(C)CC(C(=O)NC(C)C)=C2)c2c(n1)N(c1c(F)cccc1F)C(=O)NC2. The summed E-state index contributed by atoms with van der Waals surface area (Å²) in [4.78, 5) is 39.2. The number of nitrogens with zero attached hydrogens (tertiary/aromatic N) is 4. The smallest absolute Gasteiger partial charge is 0.328 e. The third-order valence-corrected chi connectivity index (χ3v) is 8.35. The summed E-state index contributed by atoms with van der Waals surface area (Å²) < 4.78 is 30.1. The molecule has 0 spiro atoms. The number of hydrogen-bond donors (Lipinski definition) is 3. The maximum atomic E-state index is 15.1. The second-order valence-corrected chi connectivity index (χ2v) is 11.6. The molecule has 2 aromatic rings. The highest BCUT2D eigenvalue weighted by Crippen LogP contribution is 2.41. The van der Waals surface area contributed by atoms with E-state index < -0.39 is 23.4 Å². The first-order valence-electron chi connectivity index (χ1n) is 14.7. The molecule has 3 heterocycles. The molecule has 42 heavy (non-hydrogen) atoms. The number of halogens is 2. The molecular formula is C31H39F2N7O2. The third kappa shape index (κ3) is 5.74. The lowest BCUT2D eigenvalue weighted by Gasteiger charge is -2.32. The summed E-state index contributed by atoms with van der Waals surface area (Å²) in [6.07, 6.45) is 4.56. The van der Waals surface area contributed by atoms with Crippen molar-refractivity contribution in [3.8, 4) is 0 Å². The molecule has 0 radical (unpaired) electrons. The van der Waals surface area contributed by atoms with Crippen LogP contribution in [0.2, 0.25) is 0 Å². The Morgan fingerprint density at radius 3 is 2.64 bits per heavy atom. The lowest BCUT2D eigenvalue weighted by molar-refractivity contribution is -0.118. The van der Waals surface area contributed by atoms with Gasteiger partial charge in [0.15, 0.2) is 5.82 Å². The van der Waals surface area contributed by atoms with Gasteiger partial charge in [0.1, 0.15) is 17.3 Å². The lowest BCUT2D eigenvalue weighted by Crippen LogP contribution is -2.43. The number of likely N-dealkylation sites (N-methyl/N-ethyl adjacent to an activating group) is 1. The van der Waals surface area contributed by atoms with Crippen molar-refractivity contribution in [1.82, 2.24) is 25.5 Å². The van der Waals surface area contributed by atoms with Crippen molar-refractivity contribution in [2.75, 3.05) is 29.9 Å². The van der Waals surface area contributed by atoms with E-state index in [9.17, 15) is 9.59 Å². The Morgan fingerprint density at radius 2 is 1.95 bits per heavy atom. The number of benzene rings is 1. The third-order valence-electron chi connectivity index (χ3n) is 8.35. The maximum Gasteiger partial charge on any atom is 0.328 e. The molecule has 5 rings (SSSR count). The van der Waals surface area contributed by atoms with Crippen LogP contribution in [0.4, 0.5) is 31.0 Å². The maximum absolute atomic E-state index is 15.1. The first-order chi connectivity index (χ1) is 20.1. The minimum absolute atomic E-state index is 0.0236. The highest BCUT2D eigenvalue weighted by atomic mass is 19.1. The highest BCUT2D eigenvalue weighted by molar-refractivity contribution is 6.03. The molecule has 2 atom stereocenters. The predicted octanol–water partition coefficient (Wildman–Crippen LogP) is 5.28. The summed E-state index contributed by atoms with van der Waals surface area (Å²) in [5.41, 5.74) is 2.92. The summed E-state index contributed by atoms with van der Waals surface area (Å²) in [5, 5.41) is 9.06. The van der Waals surface area contributed by atoms with Gasteiger partial charge in [0, 0.05) is 35.3 Å². The van der Waals surface area contributed by atoms with Gasteiger partial charge in [0.05, 0.1) is 12.2 Å². The van der Waals surface area contributed by atoms with E-state index in [1.807, 2.05) is 26.8 Å². The van der Waals surface area contributed by atoms with Gasteiger partial charge in [-0.05, 0) is 77.2 Å². The normalized spacial score (nSPS) is 20.9. The number of nitrogens with one attached hydrogen (secondary N) is 3. The van der Waals surface area contributed by atoms with E-state index in [1.54, 1.807) is 0 Å². The number of allylic oxidation sites excluding steroid dienone is 3. The van der Waals surface area contributed by atoms with Crippen molar-refractivity contribution in [3.05, 3.63) is 58.3 Å². The van der Waals surface area contributed by atoms with Crippen molar-refractivity contribution in [2.24, 2.45) is 5.92 Å². The number of rotatable bonds is 8. The molecule has 224 valence electrons. The van der Waals surface area contributed by atoms with Crippen molar-refractivity contribution in [3.63, 3.8) is 0 Å². The largest absolute Gasteiger partial charge is 0.353 e. The fourth-order valence-corrected chi connectivity index (χ4v) is 5.99. The van der Waals surface area contributed by atoms with Gasteiger partial charge in [-0.3, -0.25) is 9.69 Å². The summed E-state index contributed by atoms with van der Waals surface area (Å²) in [5.74, 6) is -1.50. The fourth-order valence-electron chi connectivity index (χ4n) is 5.99. The van der Waals surface area contributed by atoms with Gasteiger partial charge in [-0.25, -0.2) is 23.5 Å². The average Bonchev–Trinajstić information content (AvgIpc) is 3.41. The number of aromatic nitrogens is 2. The minimum atomic E-state index is -0.883. The van der Waals surface area contributed by atoms with Crippen molar-refractivity contribution < 1.29 is 18.4 Å². The van der Waals surface area contributed by atoms with E-state index in [4.69, 9.17) is 4.98 Å². The van der Waals surface area contributed by atoms with Crippen LogP contribution in [0.25, 0.3) is 5.57 Å². The van der Waals surface area contributed by atoms with E-state index >= 15 is 8.78 Å². The fraction of sp³-hybridized carbons (Fsp3) is 0.484. The van der Waals surface area contributed by atoms with Crippen LogP contribution >= 0.6 is 0 Å². The van der Waals surface area contributed by atoms with Crippen LogP contribution in [0.5, 0.6) is 0 Å². The summed E-state index contributed by atoms with van der Waals surface area (Å²) in [6, 6.07) is 3.05. The number of anilines is 3. The molecule has 1 fully saturated rings. The molecule has 1 unspecified atom stereocenters. The first kappa shape index (κ1) is 29.6. The van der Waals surface area contributed by atoms with Crippen LogP contribution in [-0.4, -0.2) is 58.5 Å². The summed E-state index contributed by atoms with van der Waals surface area (Å²) in [7, 11) is 0. The summed E-state index contributed by atoms with van der Waals surface area (Å²) >= 11 is 0. The van der Waals surface area contributed by atoms with Gasteiger partial charge in [-0.1, -0.05) is 25.5 Å². The quantitative estimate of drug-likeness (QED) is 0.394. The number of fused-ring (bicyclic) bond motifs is 1. The molecule has 11 heteroatoms. The number of urea groups is 1. The standard InChI is InChI=1S/C31H39F2N7O2/c1-6-39-12-8-9-21(39)15-34-30-37-26(22-14-20(13-18(4)19(22)5)29(41)36-17(2)3)23-16-35-31(42)40(28(23)38-30)27-24(32)10-7-11-25(27)33/h7,10-11,14,17-18,21H,6,8-9,12-13,15-16H2,1-5H3,(H,35,42)(H,36,41)(H,34,37,38)/t18?,21-/m0/s1. The van der Waals surface area contributed by atoms with Gasteiger partial charge >= 0.3 is 6.03 Å². The molecule has 1 saturated heterocycles. The van der Waals surface area contributed by atoms with Crippen LogP contribution in [0.15, 0.2) is 35.4 Å². The first-order valence-corrected chi connectivity index (χ1v) is 14.7. The minimum Gasteiger partial charge on any atom is -0.353 e. The second-order valence-electron chi connectivity index (χ2n) is 11.6. The molecule has 3 amide bonds. The number of hydrogen-bond acceptors (Lipinski definition) is 6. The van der Waals surface area contributed by atoms with Gasteiger partial charge < -0.3 is 16.0 Å². The zero-order valence-electron chi connectivity index (χ0n) is 24.9. The molecule has 0 saturated carbocycles.